The van der Waals surface area contributed by atoms with Crippen molar-refractivity contribution >= 4 is 39.1 Å². The summed E-state index contributed by atoms with van der Waals surface area (Å²) in [6.07, 6.45) is -0.709. The van der Waals surface area contributed by atoms with Gasteiger partial charge < -0.3 is 19.5 Å². The summed E-state index contributed by atoms with van der Waals surface area (Å²) in [6.45, 7) is 1.84. The van der Waals surface area contributed by atoms with Crippen LogP contribution < -0.4 is 19.5 Å². The quantitative estimate of drug-likeness (QED) is 0.837. The Morgan fingerprint density at radius 3 is 2.83 bits per heavy atom. The highest BCUT2D eigenvalue weighted by atomic mass is 79.9. The molecule has 3 rings (SSSR count). The summed E-state index contributed by atoms with van der Waals surface area (Å²) in [4.78, 5) is 12.2. The van der Waals surface area contributed by atoms with E-state index in [9.17, 15) is 4.79 Å². The van der Waals surface area contributed by atoms with Crippen LogP contribution in [0.2, 0.25) is 5.02 Å². The van der Waals surface area contributed by atoms with Crippen molar-refractivity contribution in [2.45, 2.75) is 13.0 Å². The van der Waals surface area contributed by atoms with Crippen LogP contribution in [0.4, 0.5) is 5.69 Å². The molecule has 0 aromatic heterocycles. The van der Waals surface area contributed by atoms with Crippen LogP contribution >= 0.6 is 27.5 Å². The molecule has 1 heterocycles. The van der Waals surface area contributed by atoms with Crippen LogP contribution in [0.25, 0.3) is 0 Å². The average Bonchev–Trinajstić information content (AvgIpc) is 2.97. The second-order valence-electron chi connectivity index (χ2n) is 4.89. The van der Waals surface area contributed by atoms with Crippen LogP contribution in [0.3, 0.4) is 0 Å². The largest absolute Gasteiger partial charge is 0.479 e. The number of benzene rings is 2. The normalized spacial score (nSPS) is 13.5. The fraction of sp³-hybridized carbons (Fsp3) is 0.188. The Balaban J connectivity index is 1.65. The Hall–Kier alpha value is -1.92. The second-order valence-corrected chi connectivity index (χ2v) is 6.21. The molecule has 1 aliphatic heterocycles. The van der Waals surface area contributed by atoms with E-state index in [1.807, 2.05) is 0 Å². The molecule has 0 aliphatic carbocycles. The summed E-state index contributed by atoms with van der Waals surface area (Å²) in [5.74, 6) is 1.42. The highest BCUT2D eigenvalue weighted by molar-refractivity contribution is 9.10. The van der Waals surface area contributed by atoms with Gasteiger partial charge in [-0.05, 0) is 37.3 Å². The first-order valence-electron chi connectivity index (χ1n) is 6.85. The molecule has 0 spiro atoms. The highest BCUT2D eigenvalue weighted by Gasteiger charge is 2.18. The molecule has 2 aromatic carbocycles. The summed E-state index contributed by atoms with van der Waals surface area (Å²) >= 11 is 9.40. The van der Waals surface area contributed by atoms with Crippen LogP contribution in [0.5, 0.6) is 17.2 Å². The zero-order chi connectivity index (χ0) is 16.4. The number of carbonyl (C=O) groups excluding carboxylic acids is 1. The predicted molar refractivity (Wildman–Crippen MR) is 90.4 cm³/mol. The zero-order valence-electron chi connectivity index (χ0n) is 12.1. The molecule has 7 heteroatoms. The molecular formula is C16H13BrClNO4. The first kappa shape index (κ1) is 16.0. The van der Waals surface area contributed by atoms with E-state index in [0.29, 0.717) is 28.0 Å². The number of hydrogen-bond donors (Lipinski definition) is 1. The predicted octanol–water partition coefficient (Wildman–Crippen LogP) is 4.24. The fourth-order valence-electron chi connectivity index (χ4n) is 2.03. The standard InChI is InChI=1S/C16H13BrClNO4/c1-9(23-13-4-2-10(17)6-12(13)18)16(20)19-11-3-5-14-15(7-11)22-8-21-14/h2-7,9H,8H2,1H3,(H,19,20)/t9-/m1/s1. The van der Waals surface area contributed by atoms with Gasteiger partial charge in [-0.2, -0.15) is 0 Å². The fourth-order valence-corrected chi connectivity index (χ4v) is 2.75. The molecule has 1 aliphatic rings. The number of ether oxygens (including phenoxy) is 3. The summed E-state index contributed by atoms with van der Waals surface area (Å²) in [6, 6.07) is 10.4. The maximum atomic E-state index is 12.2. The number of nitrogens with one attached hydrogen (secondary N) is 1. The van der Waals surface area contributed by atoms with Crippen LogP contribution in [-0.4, -0.2) is 18.8 Å². The molecular weight excluding hydrogens is 386 g/mol. The number of carbonyl (C=O) groups is 1. The third kappa shape index (κ3) is 3.71. The molecule has 23 heavy (non-hydrogen) atoms. The zero-order valence-corrected chi connectivity index (χ0v) is 14.5. The van der Waals surface area contributed by atoms with Gasteiger partial charge in [0.2, 0.25) is 6.79 Å². The van der Waals surface area contributed by atoms with E-state index in [-0.39, 0.29) is 12.7 Å². The van der Waals surface area contributed by atoms with Crippen molar-refractivity contribution in [3.05, 3.63) is 45.9 Å². The summed E-state index contributed by atoms with van der Waals surface area (Å²) in [7, 11) is 0. The van der Waals surface area contributed by atoms with Crippen molar-refractivity contribution in [1.29, 1.82) is 0 Å². The second kappa shape index (κ2) is 6.68. The minimum absolute atomic E-state index is 0.189. The van der Waals surface area contributed by atoms with E-state index in [1.54, 1.807) is 43.3 Å². The first-order valence-corrected chi connectivity index (χ1v) is 8.02. The SMILES string of the molecule is C[C@@H](Oc1ccc(Br)cc1Cl)C(=O)Nc1ccc2c(c1)OCO2. The number of anilines is 1. The van der Waals surface area contributed by atoms with Crippen molar-refractivity contribution in [3.63, 3.8) is 0 Å². The maximum absolute atomic E-state index is 12.2. The molecule has 1 N–H and O–H groups in total. The molecule has 0 saturated carbocycles. The molecule has 0 bridgehead atoms. The van der Waals surface area contributed by atoms with Crippen molar-refractivity contribution in [3.8, 4) is 17.2 Å². The minimum atomic E-state index is -0.709. The molecule has 1 atom stereocenters. The molecule has 0 radical (unpaired) electrons. The third-order valence-electron chi connectivity index (χ3n) is 3.21. The van der Waals surface area contributed by atoms with Crippen LogP contribution in [0, 0.1) is 0 Å². The molecule has 120 valence electrons. The van der Waals surface area contributed by atoms with E-state index in [0.717, 1.165) is 4.47 Å². The maximum Gasteiger partial charge on any atom is 0.265 e. The van der Waals surface area contributed by atoms with Crippen LogP contribution in [-0.2, 0) is 4.79 Å². The van der Waals surface area contributed by atoms with Crippen molar-refractivity contribution in [1.82, 2.24) is 0 Å². The van der Waals surface area contributed by atoms with Gasteiger partial charge in [-0.3, -0.25) is 4.79 Å². The number of hydrogen-bond acceptors (Lipinski definition) is 4. The van der Waals surface area contributed by atoms with E-state index >= 15 is 0 Å². The van der Waals surface area contributed by atoms with Crippen LogP contribution in [0.1, 0.15) is 6.92 Å². The molecule has 0 fully saturated rings. The summed E-state index contributed by atoms with van der Waals surface area (Å²) in [5.41, 5.74) is 0.608. The smallest absolute Gasteiger partial charge is 0.265 e. The average molecular weight is 399 g/mol. The first-order chi connectivity index (χ1) is 11.0. The Morgan fingerprint density at radius 2 is 2.04 bits per heavy atom. The van der Waals surface area contributed by atoms with Gasteiger partial charge in [0.1, 0.15) is 5.75 Å². The number of rotatable bonds is 4. The van der Waals surface area contributed by atoms with Gasteiger partial charge in [0, 0.05) is 16.2 Å². The molecule has 5 nitrogen and oxygen atoms in total. The summed E-state index contributed by atoms with van der Waals surface area (Å²) < 4.78 is 17.0. The monoisotopic (exact) mass is 397 g/mol. The Kier molecular flexibility index (Phi) is 4.63. The topological polar surface area (TPSA) is 56.8 Å². The molecule has 2 aromatic rings. The van der Waals surface area contributed by atoms with Gasteiger partial charge in [-0.25, -0.2) is 0 Å². The Morgan fingerprint density at radius 1 is 1.26 bits per heavy atom. The van der Waals surface area contributed by atoms with Crippen molar-refractivity contribution in [2.75, 3.05) is 12.1 Å². The third-order valence-corrected chi connectivity index (χ3v) is 4.00. The lowest BCUT2D eigenvalue weighted by Crippen LogP contribution is -2.30. The lowest BCUT2D eigenvalue weighted by atomic mass is 10.2. The summed E-state index contributed by atoms with van der Waals surface area (Å²) in [5, 5.41) is 3.20. The van der Waals surface area contributed by atoms with Gasteiger partial charge >= 0.3 is 0 Å². The van der Waals surface area contributed by atoms with E-state index in [1.165, 1.54) is 0 Å². The number of amides is 1. The molecule has 0 unspecified atom stereocenters. The lowest BCUT2D eigenvalue weighted by Gasteiger charge is -2.16. The highest BCUT2D eigenvalue weighted by Crippen LogP contribution is 2.34. The number of halogens is 2. The van der Waals surface area contributed by atoms with Gasteiger partial charge in [0.15, 0.2) is 17.6 Å². The number of fused-ring (bicyclic) bond motifs is 1. The molecule has 1 amide bonds. The van der Waals surface area contributed by atoms with E-state index in [4.69, 9.17) is 25.8 Å². The van der Waals surface area contributed by atoms with E-state index < -0.39 is 6.10 Å². The van der Waals surface area contributed by atoms with Crippen molar-refractivity contribution in [2.24, 2.45) is 0 Å². The van der Waals surface area contributed by atoms with E-state index in [2.05, 4.69) is 21.2 Å². The Labute approximate surface area is 146 Å². The lowest BCUT2D eigenvalue weighted by molar-refractivity contribution is -0.122. The van der Waals surface area contributed by atoms with Gasteiger partial charge in [0.25, 0.3) is 5.91 Å². The van der Waals surface area contributed by atoms with Gasteiger partial charge in [-0.15, -0.1) is 0 Å². The minimum Gasteiger partial charge on any atom is -0.479 e. The Bertz CT molecular complexity index is 753. The van der Waals surface area contributed by atoms with Gasteiger partial charge in [-0.1, -0.05) is 27.5 Å². The molecule has 0 saturated heterocycles. The van der Waals surface area contributed by atoms with Crippen molar-refractivity contribution < 1.29 is 19.0 Å². The van der Waals surface area contributed by atoms with Crippen LogP contribution in [0.15, 0.2) is 40.9 Å². The van der Waals surface area contributed by atoms with Gasteiger partial charge in [0.05, 0.1) is 5.02 Å².